The minimum Gasteiger partial charge on any atom is -0.497 e. The Hall–Kier alpha value is -1.48. The lowest BCUT2D eigenvalue weighted by atomic mass is 10.1. The van der Waals surface area contributed by atoms with Gasteiger partial charge in [-0.2, -0.15) is 0 Å². The Morgan fingerprint density at radius 3 is 2.62 bits per heavy atom. The second-order valence-corrected chi connectivity index (χ2v) is 3.63. The number of hydrogen-bond donors (Lipinski definition) is 1. The summed E-state index contributed by atoms with van der Waals surface area (Å²) >= 11 is 0. The first-order valence-corrected chi connectivity index (χ1v) is 5.25. The molecule has 0 spiro atoms. The molecule has 1 rings (SSSR count). The van der Waals surface area contributed by atoms with Crippen molar-refractivity contribution in [3.63, 3.8) is 0 Å². The van der Waals surface area contributed by atoms with E-state index < -0.39 is 0 Å². The number of nitrogens with one attached hydrogen (secondary N) is 1. The number of ether oxygens (including phenoxy) is 2. The van der Waals surface area contributed by atoms with Gasteiger partial charge >= 0.3 is 0 Å². The van der Waals surface area contributed by atoms with Crippen molar-refractivity contribution in [3.05, 3.63) is 29.3 Å². The molecule has 0 aliphatic heterocycles. The average molecular weight is 221 g/mol. The molecule has 0 fully saturated rings. The first-order chi connectivity index (χ1) is 7.71. The summed E-state index contributed by atoms with van der Waals surface area (Å²) in [6.07, 6.45) is 2.10. The fourth-order valence-corrected chi connectivity index (χ4v) is 1.55. The van der Waals surface area contributed by atoms with E-state index in [1.807, 2.05) is 25.2 Å². The molecule has 1 aromatic carbocycles. The second kappa shape index (κ2) is 6.18. The molecule has 0 aliphatic carbocycles. The van der Waals surface area contributed by atoms with Crippen LogP contribution in [0.3, 0.4) is 0 Å². The Labute approximate surface area is 97.1 Å². The Morgan fingerprint density at radius 2 is 2.06 bits per heavy atom. The predicted molar refractivity (Wildman–Crippen MR) is 67.1 cm³/mol. The molecule has 3 nitrogen and oxygen atoms in total. The molecule has 0 atom stereocenters. The zero-order valence-electron chi connectivity index (χ0n) is 10.3. The molecule has 0 bridgehead atoms. The van der Waals surface area contributed by atoms with Gasteiger partial charge in [0.1, 0.15) is 11.5 Å². The van der Waals surface area contributed by atoms with E-state index in [1.54, 1.807) is 14.2 Å². The molecule has 0 saturated carbocycles. The normalized spacial score (nSPS) is 11.4. The molecule has 0 aliphatic rings. The molecular weight excluding hydrogens is 202 g/mol. The molecule has 0 saturated heterocycles. The van der Waals surface area contributed by atoms with Crippen molar-refractivity contribution < 1.29 is 9.47 Å². The smallest absolute Gasteiger partial charge is 0.126 e. The average Bonchev–Trinajstić information content (AvgIpc) is 2.29. The highest BCUT2D eigenvalue weighted by Crippen LogP contribution is 2.25. The predicted octanol–water partition coefficient (Wildman–Crippen LogP) is 2.33. The minimum absolute atomic E-state index is 0.837. The number of rotatable bonds is 5. The van der Waals surface area contributed by atoms with E-state index in [2.05, 4.69) is 18.3 Å². The summed E-state index contributed by atoms with van der Waals surface area (Å²) in [5.74, 6) is 1.69. The molecule has 1 N–H and O–H groups in total. The van der Waals surface area contributed by atoms with Crippen molar-refractivity contribution in [3.8, 4) is 11.5 Å². The Morgan fingerprint density at radius 1 is 1.31 bits per heavy atom. The third-order valence-electron chi connectivity index (χ3n) is 2.29. The standard InChI is InChI=1S/C13H19NO2/c1-10(9-14-2)7-11-8-12(15-3)5-6-13(11)16-4/h5-8,14H,9H2,1-4H3. The van der Waals surface area contributed by atoms with Gasteiger partial charge in [0.25, 0.3) is 0 Å². The van der Waals surface area contributed by atoms with Crippen molar-refractivity contribution in [2.75, 3.05) is 27.8 Å². The first kappa shape index (κ1) is 12.6. The van der Waals surface area contributed by atoms with Crippen LogP contribution in [-0.4, -0.2) is 27.8 Å². The lowest BCUT2D eigenvalue weighted by molar-refractivity contribution is 0.402. The van der Waals surface area contributed by atoms with Crippen LogP contribution >= 0.6 is 0 Å². The van der Waals surface area contributed by atoms with Gasteiger partial charge in [0.15, 0.2) is 0 Å². The lowest BCUT2D eigenvalue weighted by Crippen LogP contribution is -2.08. The Balaban J connectivity index is 3.04. The van der Waals surface area contributed by atoms with Gasteiger partial charge in [-0.25, -0.2) is 0 Å². The fourth-order valence-electron chi connectivity index (χ4n) is 1.55. The number of likely N-dealkylation sites (N-methyl/N-ethyl adjacent to an activating group) is 1. The van der Waals surface area contributed by atoms with E-state index in [0.29, 0.717) is 0 Å². The summed E-state index contributed by atoms with van der Waals surface area (Å²) in [6.45, 7) is 2.94. The van der Waals surface area contributed by atoms with Crippen molar-refractivity contribution in [1.29, 1.82) is 0 Å². The molecule has 3 heteroatoms. The van der Waals surface area contributed by atoms with Crippen LogP contribution in [0.25, 0.3) is 6.08 Å². The molecule has 0 unspecified atom stereocenters. The van der Waals surface area contributed by atoms with Crippen LogP contribution in [0, 0.1) is 0 Å². The second-order valence-electron chi connectivity index (χ2n) is 3.63. The molecule has 0 aromatic heterocycles. The van der Waals surface area contributed by atoms with Gasteiger partial charge in [0.05, 0.1) is 14.2 Å². The van der Waals surface area contributed by atoms with Crippen LogP contribution in [0.4, 0.5) is 0 Å². The van der Waals surface area contributed by atoms with Gasteiger partial charge in [0, 0.05) is 12.1 Å². The van der Waals surface area contributed by atoms with Crippen LogP contribution in [0.5, 0.6) is 11.5 Å². The zero-order chi connectivity index (χ0) is 12.0. The minimum atomic E-state index is 0.837. The summed E-state index contributed by atoms with van der Waals surface area (Å²) in [7, 11) is 5.27. The number of hydrogen-bond acceptors (Lipinski definition) is 3. The highest BCUT2D eigenvalue weighted by Gasteiger charge is 2.02. The molecule has 0 amide bonds. The first-order valence-electron chi connectivity index (χ1n) is 5.25. The summed E-state index contributed by atoms with van der Waals surface area (Å²) < 4.78 is 10.5. The largest absolute Gasteiger partial charge is 0.497 e. The van der Waals surface area contributed by atoms with E-state index in [1.165, 1.54) is 5.57 Å². The Kier molecular flexibility index (Phi) is 4.86. The maximum atomic E-state index is 5.30. The topological polar surface area (TPSA) is 30.5 Å². The van der Waals surface area contributed by atoms with E-state index in [9.17, 15) is 0 Å². The third-order valence-corrected chi connectivity index (χ3v) is 2.29. The van der Waals surface area contributed by atoms with Gasteiger partial charge < -0.3 is 14.8 Å². The highest BCUT2D eigenvalue weighted by atomic mass is 16.5. The van der Waals surface area contributed by atoms with Gasteiger partial charge in [0.2, 0.25) is 0 Å². The van der Waals surface area contributed by atoms with Gasteiger partial charge in [-0.05, 0) is 32.2 Å². The van der Waals surface area contributed by atoms with Gasteiger partial charge in [-0.1, -0.05) is 11.6 Å². The summed E-state index contributed by atoms with van der Waals surface area (Å²) in [5.41, 5.74) is 2.28. The third kappa shape index (κ3) is 3.28. The summed E-state index contributed by atoms with van der Waals surface area (Å²) in [5, 5.41) is 3.11. The van der Waals surface area contributed by atoms with Gasteiger partial charge in [-0.3, -0.25) is 0 Å². The van der Waals surface area contributed by atoms with E-state index >= 15 is 0 Å². The zero-order valence-corrected chi connectivity index (χ0v) is 10.3. The summed E-state index contributed by atoms with van der Waals surface area (Å²) in [6, 6.07) is 5.78. The molecule has 0 heterocycles. The molecule has 1 aromatic rings. The fraction of sp³-hybridized carbons (Fsp3) is 0.385. The van der Waals surface area contributed by atoms with Gasteiger partial charge in [-0.15, -0.1) is 0 Å². The van der Waals surface area contributed by atoms with E-state index in [-0.39, 0.29) is 0 Å². The van der Waals surface area contributed by atoms with Crippen LogP contribution in [-0.2, 0) is 0 Å². The van der Waals surface area contributed by atoms with Crippen LogP contribution in [0.1, 0.15) is 12.5 Å². The SMILES string of the molecule is CNCC(C)=Cc1cc(OC)ccc1OC. The van der Waals surface area contributed by atoms with Crippen molar-refractivity contribution in [1.82, 2.24) is 5.32 Å². The number of methoxy groups -OCH3 is 2. The summed E-state index contributed by atoms with van der Waals surface area (Å²) in [4.78, 5) is 0. The molecule has 16 heavy (non-hydrogen) atoms. The monoisotopic (exact) mass is 221 g/mol. The molecular formula is C13H19NO2. The van der Waals surface area contributed by atoms with E-state index in [0.717, 1.165) is 23.6 Å². The number of benzene rings is 1. The maximum Gasteiger partial charge on any atom is 0.126 e. The van der Waals surface area contributed by atoms with Crippen LogP contribution in [0.2, 0.25) is 0 Å². The van der Waals surface area contributed by atoms with E-state index in [4.69, 9.17) is 9.47 Å². The lowest BCUT2D eigenvalue weighted by Gasteiger charge is -2.08. The van der Waals surface area contributed by atoms with Crippen LogP contribution < -0.4 is 14.8 Å². The highest BCUT2D eigenvalue weighted by molar-refractivity contribution is 5.61. The molecule has 0 radical (unpaired) electrons. The maximum absolute atomic E-state index is 5.30. The van der Waals surface area contributed by atoms with Crippen molar-refractivity contribution >= 4 is 6.08 Å². The molecule has 88 valence electrons. The quantitative estimate of drug-likeness (QED) is 0.827. The van der Waals surface area contributed by atoms with Crippen molar-refractivity contribution in [2.45, 2.75) is 6.92 Å². The van der Waals surface area contributed by atoms with Crippen molar-refractivity contribution in [2.24, 2.45) is 0 Å². The Bertz CT molecular complexity index is 372. The van der Waals surface area contributed by atoms with Crippen LogP contribution in [0.15, 0.2) is 23.8 Å².